The van der Waals surface area contributed by atoms with Crippen molar-refractivity contribution < 1.29 is 47.7 Å². The number of aliphatic hydroxyl groups is 2. The molecule has 398 valence electrons. The summed E-state index contributed by atoms with van der Waals surface area (Å²) in [6.07, 6.45) is 1.39. The third-order valence-corrected chi connectivity index (χ3v) is 19.2. The van der Waals surface area contributed by atoms with E-state index in [1.807, 2.05) is 0 Å². The number of halogens is 4. The summed E-state index contributed by atoms with van der Waals surface area (Å²) in [4.78, 5) is 29.7. The number of azide groups is 2. The number of benzene rings is 2. The van der Waals surface area contributed by atoms with Crippen LogP contribution in [-0.2, 0) is 32.3 Å². The lowest BCUT2D eigenvalue weighted by atomic mass is 9.44. The number of rotatable bonds is 14. The van der Waals surface area contributed by atoms with Gasteiger partial charge in [0.15, 0.2) is 0 Å². The number of fused-ring (bicyclic) bond motifs is 5. The summed E-state index contributed by atoms with van der Waals surface area (Å²) in [6, 6.07) is 4.96. The molecule has 0 amide bonds. The number of carbonyl (C=O) groups excluding carboxylic acids is 1. The number of hydrogen-bond donors (Lipinski definition) is 4. The Morgan fingerprint density at radius 1 is 0.833 bits per heavy atom. The quantitative estimate of drug-likeness (QED) is 0.0454. The summed E-state index contributed by atoms with van der Waals surface area (Å²) < 4.78 is 46.4. The molecule has 3 unspecified atom stereocenters. The van der Waals surface area contributed by atoms with Gasteiger partial charge in [0.25, 0.3) is 0 Å². The summed E-state index contributed by atoms with van der Waals surface area (Å²) in [5.41, 5.74) is 24.9. The summed E-state index contributed by atoms with van der Waals surface area (Å²) in [5.74, 6) is 2.57. The Morgan fingerprint density at radius 3 is 1.81 bits per heavy atom. The minimum Gasteiger partial charge on any atom is -0.495 e. The Balaban J connectivity index is 0.000000181. The fourth-order valence-electron chi connectivity index (χ4n) is 13.5. The second kappa shape index (κ2) is 22.8. The zero-order valence-electron chi connectivity index (χ0n) is 42.8. The van der Waals surface area contributed by atoms with Crippen molar-refractivity contribution in [3.05, 3.63) is 76.9 Å². The zero-order chi connectivity index (χ0) is 52.7. The Bertz CT molecular complexity index is 2380. The summed E-state index contributed by atoms with van der Waals surface area (Å²) in [6.45, 7) is 17.4. The Hall–Kier alpha value is -3.37. The highest BCUT2D eigenvalue weighted by atomic mass is 79.9. The molecule has 0 aromatic heterocycles. The van der Waals surface area contributed by atoms with Gasteiger partial charge in [-0.2, -0.15) is 10.1 Å². The highest BCUT2D eigenvalue weighted by Crippen LogP contribution is 2.62. The van der Waals surface area contributed by atoms with E-state index in [-0.39, 0.29) is 55.4 Å². The molecule has 2 aromatic carbocycles. The van der Waals surface area contributed by atoms with Gasteiger partial charge in [0.1, 0.15) is 41.5 Å². The number of nitrogens with two attached hydrogens (primary N) is 1. The molecule has 3 aliphatic heterocycles. The molecule has 6 saturated carbocycles. The first-order valence-electron chi connectivity index (χ1n) is 25.0. The molecular formula is C50H72Br2F2N10O8. The maximum Gasteiger partial charge on any atom is 0.326 e. The first-order valence-corrected chi connectivity index (χ1v) is 26.6. The molecule has 3 heterocycles. The lowest BCUT2D eigenvalue weighted by Gasteiger charge is -2.62. The highest BCUT2D eigenvalue weighted by Gasteiger charge is 2.59. The van der Waals surface area contributed by atoms with Crippen molar-refractivity contribution in [2.45, 2.75) is 149 Å². The number of nitrogens with zero attached hydrogens (tertiary/aromatic N) is 8. The molecule has 6 aliphatic carbocycles. The Labute approximate surface area is 437 Å². The highest BCUT2D eigenvalue weighted by molar-refractivity contribution is 9.11. The van der Waals surface area contributed by atoms with Gasteiger partial charge in [-0.1, -0.05) is 51.8 Å². The molecule has 5 N–H and O–H groups in total. The average molecular weight is 1140 g/mol. The van der Waals surface area contributed by atoms with Crippen molar-refractivity contribution in [2.75, 3.05) is 27.3 Å². The monoisotopic (exact) mass is 1140 g/mol. The molecule has 17 atom stereocenters. The number of methoxy groups -OCH3 is 2. The second-order valence-electron chi connectivity index (χ2n) is 22.1. The van der Waals surface area contributed by atoms with Crippen molar-refractivity contribution >= 4 is 37.8 Å². The van der Waals surface area contributed by atoms with Crippen LogP contribution in [0.3, 0.4) is 0 Å². The molecule has 18 nitrogen and oxygen atoms in total. The van der Waals surface area contributed by atoms with Gasteiger partial charge in [-0.25, -0.2) is 8.78 Å². The number of ether oxygens (including phenoxy) is 3. The van der Waals surface area contributed by atoms with Crippen LogP contribution in [0, 0.1) is 69.8 Å². The molecule has 11 rings (SSSR count). The Morgan fingerprint density at radius 2 is 1.33 bits per heavy atom. The van der Waals surface area contributed by atoms with Crippen LogP contribution in [-0.4, -0.2) is 108 Å². The van der Waals surface area contributed by atoms with Crippen LogP contribution in [0.5, 0.6) is 11.5 Å². The lowest BCUT2D eigenvalue weighted by Crippen LogP contribution is -2.63. The van der Waals surface area contributed by atoms with Crippen molar-refractivity contribution in [3.8, 4) is 11.5 Å². The van der Waals surface area contributed by atoms with Gasteiger partial charge in [0, 0.05) is 39.0 Å². The largest absolute Gasteiger partial charge is 0.495 e. The van der Waals surface area contributed by atoms with Gasteiger partial charge >= 0.3 is 5.97 Å². The van der Waals surface area contributed by atoms with E-state index in [2.05, 4.69) is 98.8 Å². The van der Waals surface area contributed by atoms with Gasteiger partial charge in [-0.15, -0.1) is 0 Å². The van der Waals surface area contributed by atoms with Gasteiger partial charge < -0.3 is 30.2 Å². The lowest BCUT2D eigenvalue weighted by molar-refractivity contribution is -0.189. The SMILES string of the molecule is COc1c(Br)ccc(F)c1CN1O[C@@H](CN=[N+]=[N-])C2C1C(=O)O[C@H]2C.COc1c(Br)ccc(F)c1CN1O[C@@H](CN=[N+]=[N-])[C@@H]([C@H](C)O)[C@H]1C(O)N[C@H]1C[C@H]2C[C@@H]([C@@H]1C)C2(C)C.C[C@@H]1[C@@H](N)C[C@H]2C[C@@H]1C2(C)C. The van der Waals surface area contributed by atoms with E-state index in [4.69, 9.17) is 40.7 Å². The fraction of sp³-hybridized carbons (Fsp3) is 0.740. The van der Waals surface area contributed by atoms with E-state index in [0.717, 1.165) is 24.2 Å². The first kappa shape index (κ1) is 56.4. The number of aliphatic hydroxyl groups excluding tert-OH is 2. The number of cyclic esters (lactones) is 1. The van der Waals surface area contributed by atoms with Crippen LogP contribution < -0.4 is 20.5 Å². The van der Waals surface area contributed by atoms with E-state index in [1.54, 1.807) is 26.0 Å². The van der Waals surface area contributed by atoms with E-state index in [1.165, 1.54) is 55.7 Å². The standard InChI is InChI=1S/C25H37BrFN5O4.C15H16BrFN4O4.C10H19N/c1-12-16-8-14(25(16,3)4)9-19(12)30-24(34)22-21(13(2)33)20(10-29-31-28)36-32(22)11-15-18(27)7-6-17(26)23(15)35-5;1-7-12-11(5-19-20-18)25-21(13(12)15(22)24-7)6-8-10(17)4-3-9(16)14(8)23-2;1-6-8-4-7(5-9(6)11)10(8,2)3/h6-7,12-14,16,19-22,24,30,33-34H,8-11H2,1-5H3;3-4,7,11-13H,5-6H2,1-2H3;6-9H,4-5,11H2,1-3H3/t12-,13-,14+,16-,19-,20-,21+,22-,24?;7-,11-,12?,13?;6-,7+,8-,9-/m000/s1. The van der Waals surface area contributed by atoms with Gasteiger partial charge in [0.2, 0.25) is 0 Å². The summed E-state index contributed by atoms with van der Waals surface area (Å²) in [5, 5.41) is 35.8. The van der Waals surface area contributed by atoms with Crippen LogP contribution in [0.15, 0.2) is 43.4 Å². The molecule has 22 heteroatoms. The zero-order valence-corrected chi connectivity index (χ0v) is 46.0. The molecule has 4 bridgehead atoms. The van der Waals surface area contributed by atoms with E-state index < -0.39 is 60.1 Å². The number of nitrogens with one attached hydrogen (secondary N) is 1. The van der Waals surface area contributed by atoms with Crippen LogP contribution in [0.25, 0.3) is 20.9 Å². The van der Waals surface area contributed by atoms with Crippen LogP contribution >= 0.6 is 31.9 Å². The minimum absolute atomic E-state index is 0.00972. The fourth-order valence-corrected chi connectivity index (χ4v) is 14.5. The molecule has 9 aliphatic rings. The summed E-state index contributed by atoms with van der Waals surface area (Å²) in [7, 11) is 2.90. The summed E-state index contributed by atoms with van der Waals surface area (Å²) >= 11 is 6.72. The maximum atomic E-state index is 14.9. The molecule has 72 heavy (non-hydrogen) atoms. The third kappa shape index (κ3) is 10.9. The number of esters is 1. The molecule has 2 aromatic rings. The Kier molecular flexibility index (Phi) is 17.9. The van der Waals surface area contributed by atoms with Crippen LogP contribution in [0.2, 0.25) is 0 Å². The van der Waals surface area contributed by atoms with Gasteiger partial charge in [-0.05, 0) is 153 Å². The van der Waals surface area contributed by atoms with Crippen molar-refractivity contribution in [1.82, 2.24) is 15.4 Å². The third-order valence-electron chi connectivity index (χ3n) is 17.9. The maximum absolute atomic E-state index is 14.9. The number of hydroxylamine groups is 4. The average Bonchev–Trinajstić information content (AvgIpc) is 3.99. The van der Waals surface area contributed by atoms with E-state index in [0.29, 0.717) is 55.1 Å². The molecular weight excluding hydrogens is 1070 g/mol. The molecule has 0 spiro atoms. The first-order chi connectivity index (χ1) is 34.0. The normalized spacial score (nSPS) is 35.5. The van der Waals surface area contributed by atoms with E-state index in [9.17, 15) is 23.8 Å². The van der Waals surface area contributed by atoms with Crippen molar-refractivity contribution in [2.24, 2.45) is 74.1 Å². The van der Waals surface area contributed by atoms with Gasteiger partial charge in [0.05, 0.1) is 79.6 Å². The van der Waals surface area contributed by atoms with Crippen molar-refractivity contribution in [1.29, 1.82) is 0 Å². The number of hydrogen-bond acceptors (Lipinski definition) is 14. The minimum atomic E-state index is -1.06. The predicted molar refractivity (Wildman–Crippen MR) is 271 cm³/mol. The molecule has 3 saturated heterocycles. The number of carbonyl (C=O) groups is 1. The molecule has 0 radical (unpaired) electrons. The van der Waals surface area contributed by atoms with Crippen LogP contribution in [0.4, 0.5) is 8.78 Å². The van der Waals surface area contributed by atoms with E-state index >= 15 is 0 Å². The van der Waals surface area contributed by atoms with Crippen molar-refractivity contribution in [3.63, 3.8) is 0 Å². The topological polar surface area (TPSA) is 246 Å². The van der Waals surface area contributed by atoms with Gasteiger partial charge in [-0.3, -0.25) is 19.8 Å². The predicted octanol–water partition coefficient (Wildman–Crippen LogP) is 9.34. The second-order valence-corrected chi connectivity index (χ2v) is 23.8. The van der Waals surface area contributed by atoms with Crippen LogP contribution in [0.1, 0.15) is 92.2 Å². The molecule has 9 fully saturated rings. The smallest absolute Gasteiger partial charge is 0.326 e.